The van der Waals surface area contributed by atoms with Gasteiger partial charge in [0.2, 0.25) is 35.4 Å². The summed E-state index contributed by atoms with van der Waals surface area (Å²) in [6.07, 6.45) is 9.11. The van der Waals surface area contributed by atoms with Crippen molar-refractivity contribution in [2.75, 3.05) is 84.3 Å². The molecular formula is C44H77N9O7S. The Labute approximate surface area is 370 Å². The number of Topliss-reactive ketones (excluding diaryl/α,β-unsaturated/α-hetero) is 1. The summed E-state index contributed by atoms with van der Waals surface area (Å²) in [6.45, 7) is 5.59. The van der Waals surface area contributed by atoms with Gasteiger partial charge in [0, 0.05) is 52.0 Å². The fourth-order valence-corrected chi connectivity index (χ4v) is 6.85. The molecule has 1 atom stereocenters. The first-order valence-corrected chi connectivity index (χ1v) is 22.9. The average molecular weight is 876 g/mol. The van der Waals surface area contributed by atoms with E-state index in [2.05, 4.69) is 23.3 Å². The SMILES string of the molecule is CC(=O)CN(C(=O)CN(CCCCN)C(=O)CN(CCCCN)C(=O)CN(CCCCN)C(=O)CCCCCNC(=O)CCCCCNC(=O)CCS)[C@@H](C)c1ccccc1. The van der Waals surface area contributed by atoms with Crippen molar-refractivity contribution >= 4 is 53.9 Å². The molecule has 17 heteroatoms. The van der Waals surface area contributed by atoms with Crippen LogP contribution >= 0.6 is 12.6 Å². The molecule has 6 amide bonds. The number of nitrogens with two attached hydrogens (primary N) is 3. The van der Waals surface area contributed by atoms with Crippen molar-refractivity contribution in [1.29, 1.82) is 0 Å². The Morgan fingerprint density at radius 2 is 0.984 bits per heavy atom. The number of ketones is 1. The zero-order valence-corrected chi connectivity index (χ0v) is 38.0. The fourth-order valence-electron chi connectivity index (χ4n) is 6.65. The smallest absolute Gasteiger partial charge is 0.243 e. The van der Waals surface area contributed by atoms with Crippen LogP contribution in [0.25, 0.3) is 0 Å². The van der Waals surface area contributed by atoms with Gasteiger partial charge in [0.25, 0.3) is 0 Å². The highest BCUT2D eigenvalue weighted by Crippen LogP contribution is 2.20. The zero-order chi connectivity index (χ0) is 45.3. The van der Waals surface area contributed by atoms with Crippen molar-refractivity contribution in [3.63, 3.8) is 0 Å². The van der Waals surface area contributed by atoms with Crippen LogP contribution in [0.1, 0.15) is 122 Å². The van der Waals surface area contributed by atoms with Gasteiger partial charge in [-0.2, -0.15) is 12.6 Å². The van der Waals surface area contributed by atoms with E-state index in [1.165, 1.54) is 21.6 Å². The molecule has 1 aromatic carbocycles. The lowest BCUT2D eigenvalue weighted by Crippen LogP contribution is -2.50. The fraction of sp³-hybridized carbons (Fsp3) is 0.705. The second-order valence-electron chi connectivity index (χ2n) is 15.5. The lowest BCUT2D eigenvalue weighted by Gasteiger charge is -2.33. The summed E-state index contributed by atoms with van der Waals surface area (Å²) in [7, 11) is 0. The molecule has 0 heterocycles. The molecule has 0 aromatic heterocycles. The van der Waals surface area contributed by atoms with Gasteiger partial charge >= 0.3 is 0 Å². The monoisotopic (exact) mass is 876 g/mol. The predicted octanol–water partition coefficient (Wildman–Crippen LogP) is 2.54. The summed E-state index contributed by atoms with van der Waals surface area (Å²) in [5.74, 6) is -1.06. The van der Waals surface area contributed by atoms with Crippen molar-refractivity contribution in [3.8, 4) is 0 Å². The van der Waals surface area contributed by atoms with Crippen LogP contribution < -0.4 is 27.8 Å². The van der Waals surface area contributed by atoms with E-state index >= 15 is 0 Å². The van der Waals surface area contributed by atoms with Crippen molar-refractivity contribution in [1.82, 2.24) is 30.2 Å². The van der Waals surface area contributed by atoms with E-state index in [1.54, 1.807) is 4.90 Å². The molecule has 0 radical (unpaired) electrons. The molecule has 0 saturated carbocycles. The number of thiol groups is 1. The molecule has 0 saturated heterocycles. The van der Waals surface area contributed by atoms with Crippen molar-refractivity contribution < 1.29 is 33.6 Å². The molecule has 8 N–H and O–H groups in total. The second-order valence-corrected chi connectivity index (χ2v) is 16.0. The Kier molecular flexibility index (Phi) is 31.1. The first-order valence-electron chi connectivity index (χ1n) is 22.3. The quantitative estimate of drug-likeness (QED) is 0.0426. The minimum atomic E-state index is -0.418. The first-order chi connectivity index (χ1) is 29.4. The minimum absolute atomic E-state index is 0.0128. The molecule has 346 valence electrons. The molecule has 1 rings (SSSR count). The van der Waals surface area contributed by atoms with E-state index in [0.29, 0.717) is 109 Å². The summed E-state index contributed by atoms with van der Waals surface area (Å²) in [6, 6.07) is 8.95. The predicted molar refractivity (Wildman–Crippen MR) is 243 cm³/mol. The molecule has 1 aromatic rings. The van der Waals surface area contributed by atoms with Crippen LogP contribution in [0.3, 0.4) is 0 Å². The van der Waals surface area contributed by atoms with Crippen LogP contribution in [0.2, 0.25) is 0 Å². The van der Waals surface area contributed by atoms with E-state index in [4.69, 9.17) is 17.2 Å². The molecule has 0 unspecified atom stereocenters. The largest absolute Gasteiger partial charge is 0.356 e. The van der Waals surface area contributed by atoms with Gasteiger partial charge in [0.15, 0.2) is 0 Å². The van der Waals surface area contributed by atoms with Gasteiger partial charge in [-0.15, -0.1) is 0 Å². The number of benzene rings is 1. The highest BCUT2D eigenvalue weighted by atomic mass is 32.1. The van der Waals surface area contributed by atoms with E-state index in [-0.39, 0.29) is 81.0 Å². The van der Waals surface area contributed by atoms with Crippen LogP contribution in [-0.2, 0) is 33.6 Å². The number of hydrogen-bond donors (Lipinski definition) is 6. The number of amides is 6. The summed E-state index contributed by atoms with van der Waals surface area (Å²) < 4.78 is 0. The maximum absolute atomic E-state index is 14.0. The molecule has 0 aliphatic carbocycles. The molecule has 0 fully saturated rings. The molecule has 0 aliphatic rings. The standard InChI is InChI=1S/C44H77N9O7S/c1-36(54)32-53(37(2)38-18-6-3-7-19-38)44(60)35-52(30-17-12-25-47)43(59)34-51(29-16-11-24-46)42(58)33-50(28-15-10-23-45)41(57)21-9-5-14-26-48-39(55)20-8-4-13-27-49-40(56)22-31-61/h3,6-7,18-19,37,61H,4-5,8-17,20-35,45-47H2,1-2H3,(H,48,55)(H,49,56)/t37-/m0/s1. The van der Waals surface area contributed by atoms with Crippen LogP contribution in [0.5, 0.6) is 0 Å². The third-order valence-corrected chi connectivity index (χ3v) is 10.5. The second kappa shape index (κ2) is 34.5. The summed E-state index contributed by atoms with van der Waals surface area (Å²) in [5, 5.41) is 5.77. The van der Waals surface area contributed by atoms with Crippen LogP contribution in [0.15, 0.2) is 30.3 Å². The lowest BCUT2D eigenvalue weighted by molar-refractivity contribution is -0.147. The molecule has 16 nitrogen and oxygen atoms in total. The molecule has 61 heavy (non-hydrogen) atoms. The van der Waals surface area contributed by atoms with Gasteiger partial charge in [-0.1, -0.05) is 43.2 Å². The van der Waals surface area contributed by atoms with Crippen molar-refractivity contribution in [3.05, 3.63) is 35.9 Å². The molecule has 0 bridgehead atoms. The number of carbonyl (C=O) groups excluding carboxylic acids is 7. The Morgan fingerprint density at radius 3 is 1.44 bits per heavy atom. The number of carbonyl (C=O) groups is 7. The maximum atomic E-state index is 14.0. The van der Waals surface area contributed by atoms with E-state index in [9.17, 15) is 33.6 Å². The van der Waals surface area contributed by atoms with Crippen LogP contribution in [0, 0.1) is 0 Å². The first kappa shape index (κ1) is 55.0. The van der Waals surface area contributed by atoms with Crippen molar-refractivity contribution in [2.24, 2.45) is 17.2 Å². The van der Waals surface area contributed by atoms with Gasteiger partial charge in [0.05, 0.1) is 32.2 Å². The maximum Gasteiger partial charge on any atom is 0.243 e. The number of nitrogens with one attached hydrogen (secondary N) is 2. The highest BCUT2D eigenvalue weighted by molar-refractivity contribution is 7.80. The van der Waals surface area contributed by atoms with E-state index < -0.39 is 11.9 Å². The van der Waals surface area contributed by atoms with Gasteiger partial charge in [-0.25, -0.2) is 0 Å². The van der Waals surface area contributed by atoms with Crippen LogP contribution in [-0.4, -0.2) is 145 Å². The van der Waals surface area contributed by atoms with E-state index in [0.717, 1.165) is 31.2 Å². The van der Waals surface area contributed by atoms with Crippen LogP contribution in [0.4, 0.5) is 0 Å². The third kappa shape index (κ3) is 25.5. The number of rotatable bonds is 36. The summed E-state index contributed by atoms with van der Waals surface area (Å²) in [4.78, 5) is 97.3. The normalized spacial score (nSPS) is 11.4. The van der Waals surface area contributed by atoms with Gasteiger partial charge in [0.1, 0.15) is 5.78 Å². The summed E-state index contributed by atoms with van der Waals surface area (Å²) in [5.41, 5.74) is 18.1. The molecule has 0 aliphatic heterocycles. The topological polar surface area (TPSA) is 235 Å². The van der Waals surface area contributed by atoms with Gasteiger partial charge in [-0.05, 0) is 109 Å². The number of nitrogens with zero attached hydrogens (tertiary/aromatic N) is 4. The van der Waals surface area contributed by atoms with Gasteiger partial charge < -0.3 is 47.4 Å². The Hall–Kier alpha value is -4.06. The third-order valence-electron chi connectivity index (χ3n) is 10.3. The van der Waals surface area contributed by atoms with E-state index in [1.807, 2.05) is 37.3 Å². The Morgan fingerprint density at radius 1 is 0.541 bits per heavy atom. The zero-order valence-electron chi connectivity index (χ0n) is 37.1. The van der Waals surface area contributed by atoms with Crippen molar-refractivity contribution in [2.45, 2.75) is 116 Å². The molecule has 0 spiro atoms. The van der Waals surface area contributed by atoms with Gasteiger partial charge in [-0.3, -0.25) is 33.6 Å². The Balaban J connectivity index is 2.91. The number of unbranched alkanes of at least 4 members (excludes halogenated alkanes) is 7. The number of hydrogen-bond acceptors (Lipinski definition) is 11. The average Bonchev–Trinajstić information content (AvgIpc) is 3.24. The minimum Gasteiger partial charge on any atom is -0.356 e. The highest BCUT2D eigenvalue weighted by Gasteiger charge is 2.29. The lowest BCUT2D eigenvalue weighted by atomic mass is 10.1. The Bertz CT molecular complexity index is 1440. The molecular weight excluding hydrogens is 799 g/mol. The summed E-state index contributed by atoms with van der Waals surface area (Å²) >= 11 is 4.05.